The molecule has 0 spiro atoms. The Morgan fingerprint density at radius 3 is 2.76 bits per heavy atom. The molecule has 0 unspecified atom stereocenters. The molecule has 106 valence electrons. The molecule has 21 heavy (non-hydrogen) atoms. The minimum atomic E-state index is -0.645. The van der Waals surface area contributed by atoms with Crippen LogP contribution in [-0.2, 0) is 0 Å². The number of ether oxygens (including phenoxy) is 1. The lowest BCUT2D eigenvalue weighted by molar-refractivity contribution is 0.0703. The van der Waals surface area contributed by atoms with Gasteiger partial charge in [0, 0.05) is 11.1 Å². The predicted octanol–water partition coefficient (Wildman–Crippen LogP) is 4.66. The number of carbonyl (C=O) groups is 1. The second-order valence-corrected chi connectivity index (χ2v) is 5.20. The van der Waals surface area contributed by atoms with Gasteiger partial charge in [-0.15, -0.1) is 0 Å². The molecule has 0 radical (unpaired) electrons. The Balaban J connectivity index is 2.13. The molecule has 1 aromatic carbocycles. The predicted molar refractivity (Wildman–Crippen MR) is 80.2 cm³/mol. The van der Waals surface area contributed by atoms with E-state index in [0.29, 0.717) is 15.9 Å². The summed E-state index contributed by atoms with van der Waals surface area (Å²) in [6.07, 6.45) is 1.39. The lowest BCUT2D eigenvalue weighted by Gasteiger charge is -2.10. The van der Waals surface area contributed by atoms with Gasteiger partial charge in [-0.1, -0.05) is 23.2 Å². The van der Waals surface area contributed by atoms with Crippen molar-refractivity contribution in [2.75, 3.05) is 0 Å². The molecule has 4 nitrogen and oxygen atoms in total. The van der Waals surface area contributed by atoms with Gasteiger partial charge in [0.25, 0.3) is 0 Å². The molecule has 0 saturated heterocycles. The molecule has 6 heteroatoms. The first-order valence-electron chi connectivity index (χ1n) is 6.07. The van der Waals surface area contributed by atoms with Crippen molar-refractivity contribution in [3.63, 3.8) is 0 Å². The molecule has 0 aliphatic carbocycles. The number of furan rings is 1. The first-order chi connectivity index (χ1) is 10.1. The highest BCUT2D eigenvalue weighted by molar-refractivity contribution is 6.39. The number of pyridine rings is 1. The molecule has 0 aliphatic rings. The normalized spacial score (nSPS) is 10.8. The third-order valence-electron chi connectivity index (χ3n) is 2.89. The number of aryl methyl sites for hydroxylation is 1. The molecule has 2 heterocycles. The third-order valence-corrected chi connectivity index (χ3v) is 3.49. The highest BCUT2D eigenvalue weighted by atomic mass is 35.5. The van der Waals surface area contributed by atoms with Crippen LogP contribution in [0.1, 0.15) is 16.2 Å². The van der Waals surface area contributed by atoms with Gasteiger partial charge >= 0.3 is 5.97 Å². The van der Waals surface area contributed by atoms with Crippen molar-refractivity contribution < 1.29 is 13.9 Å². The monoisotopic (exact) mass is 321 g/mol. The molecular weight excluding hydrogens is 313 g/mol. The van der Waals surface area contributed by atoms with Gasteiger partial charge in [0.1, 0.15) is 5.52 Å². The molecule has 3 rings (SSSR count). The summed E-state index contributed by atoms with van der Waals surface area (Å²) in [5.41, 5.74) is 1.20. The zero-order valence-electron chi connectivity index (χ0n) is 10.9. The van der Waals surface area contributed by atoms with Crippen molar-refractivity contribution in [1.29, 1.82) is 0 Å². The Labute approximate surface area is 130 Å². The number of carbonyl (C=O) groups excluding carboxylic acids is 1. The quantitative estimate of drug-likeness (QED) is 0.508. The van der Waals surface area contributed by atoms with Crippen LogP contribution in [0.3, 0.4) is 0 Å². The number of halogens is 2. The van der Waals surface area contributed by atoms with E-state index >= 15 is 0 Å². The lowest BCUT2D eigenvalue weighted by atomic mass is 10.2. The molecule has 0 atom stereocenters. The van der Waals surface area contributed by atoms with E-state index in [2.05, 4.69) is 4.98 Å². The fourth-order valence-electron chi connectivity index (χ4n) is 1.92. The molecule has 3 aromatic rings. The second kappa shape index (κ2) is 5.39. The number of nitrogens with zero attached hydrogens (tertiary/aromatic N) is 1. The Morgan fingerprint density at radius 2 is 2.05 bits per heavy atom. The van der Waals surface area contributed by atoms with Crippen LogP contribution in [0.15, 0.2) is 41.0 Å². The van der Waals surface area contributed by atoms with E-state index in [4.69, 9.17) is 32.4 Å². The number of hydrogen-bond donors (Lipinski definition) is 0. The summed E-state index contributed by atoms with van der Waals surface area (Å²) in [4.78, 5) is 16.4. The number of benzene rings is 1. The van der Waals surface area contributed by atoms with Crippen molar-refractivity contribution >= 4 is 40.1 Å². The topological polar surface area (TPSA) is 52.3 Å². The van der Waals surface area contributed by atoms with Crippen LogP contribution in [0.25, 0.3) is 10.9 Å². The molecule has 0 saturated carbocycles. The summed E-state index contributed by atoms with van der Waals surface area (Å²) in [5, 5.41) is 1.32. The molecule has 2 aromatic heterocycles. The second-order valence-electron chi connectivity index (χ2n) is 4.38. The average Bonchev–Trinajstić information content (AvgIpc) is 2.97. The molecular formula is C15H9Cl2NO3. The van der Waals surface area contributed by atoms with Crippen LogP contribution in [-0.4, -0.2) is 11.0 Å². The fraction of sp³-hybridized carbons (Fsp3) is 0.0667. The number of hydrogen-bond acceptors (Lipinski definition) is 4. The van der Waals surface area contributed by atoms with Crippen LogP contribution in [0.5, 0.6) is 5.75 Å². The number of rotatable bonds is 2. The Kier molecular flexibility index (Phi) is 3.57. The maximum absolute atomic E-state index is 12.0. The lowest BCUT2D eigenvalue weighted by Crippen LogP contribution is -2.08. The summed E-state index contributed by atoms with van der Waals surface area (Å²) in [7, 11) is 0. The van der Waals surface area contributed by atoms with Crippen LogP contribution < -0.4 is 4.74 Å². The first-order valence-corrected chi connectivity index (χ1v) is 6.83. The Morgan fingerprint density at radius 1 is 1.24 bits per heavy atom. The van der Waals surface area contributed by atoms with E-state index in [0.717, 1.165) is 5.69 Å². The average molecular weight is 322 g/mol. The number of esters is 1. The van der Waals surface area contributed by atoms with Crippen LogP contribution in [0.4, 0.5) is 0 Å². The van der Waals surface area contributed by atoms with E-state index < -0.39 is 5.97 Å². The van der Waals surface area contributed by atoms with E-state index in [9.17, 15) is 4.79 Å². The van der Waals surface area contributed by atoms with Crippen molar-refractivity contribution in [3.05, 3.63) is 58.1 Å². The van der Waals surface area contributed by atoms with Crippen LogP contribution in [0.2, 0.25) is 10.0 Å². The third kappa shape index (κ3) is 2.60. The summed E-state index contributed by atoms with van der Waals surface area (Å²) in [5.74, 6) is -0.392. The maximum Gasteiger partial charge on any atom is 0.379 e. The van der Waals surface area contributed by atoms with E-state index in [1.165, 1.54) is 18.4 Å². The summed E-state index contributed by atoms with van der Waals surface area (Å²) in [6, 6.07) is 8.25. The molecule has 0 aliphatic heterocycles. The first kappa shape index (κ1) is 13.9. The SMILES string of the molecule is Cc1ccc2c(Cl)cc(Cl)c(OC(=O)c3ccco3)c2n1. The van der Waals surface area contributed by atoms with Crippen molar-refractivity contribution in [2.24, 2.45) is 0 Å². The van der Waals surface area contributed by atoms with Crippen LogP contribution >= 0.6 is 23.2 Å². The molecule has 0 fully saturated rings. The minimum Gasteiger partial charge on any atom is -0.457 e. The van der Waals surface area contributed by atoms with Gasteiger partial charge in [0.05, 0.1) is 16.3 Å². The molecule has 0 N–H and O–H groups in total. The van der Waals surface area contributed by atoms with Gasteiger partial charge in [0.15, 0.2) is 5.75 Å². The minimum absolute atomic E-state index is 0.0850. The summed E-state index contributed by atoms with van der Waals surface area (Å²) >= 11 is 12.3. The molecule has 0 bridgehead atoms. The Bertz CT molecular complexity index is 829. The maximum atomic E-state index is 12.0. The van der Waals surface area contributed by atoms with Gasteiger partial charge in [-0.25, -0.2) is 9.78 Å². The number of fused-ring (bicyclic) bond motifs is 1. The highest BCUT2D eigenvalue weighted by Crippen LogP contribution is 2.37. The summed E-state index contributed by atoms with van der Waals surface area (Å²) in [6.45, 7) is 1.83. The van der Waals surface area contributed by atoms with Gasteiger partial charge in [-0.2, -0.15) is 0 Å². The van der Waals surface area contributed by atoms with Crippen molar-refractivity contribution in [2.45, 2.75) is 6.92 Å². The van der Waals surface area contributed by atoms with E-state index in [-0.39, 0.29) is 16.5 Å². The van der Waals surface area contributed by atoms with Gasteiger partial charge < -0.3 is 9.15 Å². The zero-order valence-corrected chi connectivity index (χ0v) is 12.4. The zero-order chi connectivity index (χ0) is 15.0. The standard InChI is InChI=1S/C15H9Cl2NO3/c1-8-4-5-9-10(16)7-11(17)14(13(9)18-8)21-15(19)12-3-2-6-20-12/h2-7H,1H3. The highest BCUT2D eigenvalue weighted by Gasteiger charge is 2.18. The largest absolute Gasteiger partial charge is 0.457 e. The molecule has 0 amide bonds. The van der Waals surface area contributed by atoms with Crippen molar-refractivity contribution in [3.8, 4) is 5.75 Å². The van der Waals surface area contributed by atoms with Gasteiger partial charge in [-0.05, 0) is 37.3 Å². The fourth-order valence-corrected chi connectivity index (χ4v) is 2.48. The summed E-state index contributed by atoms with van der Waals surface area (Å²) < 4.78 is 10.3. The smallest absolute Gasteiger partial charge is 0.379 e. The van der Waals surface area contributed by atoms with Crippen molar-refractivity contribution in [1.82, 2.24) is 4.98 Å². The van der Waals surface area contributed by atoms with Gasteiger partial charge in [0.2, 0.25) is 5.76 Å². The van der Waals surface area contributed by atoms with E-state index in [1.807, 2.05) is 13.0 Å². The van der Waals surface area contributed by atoms with Gasteiger partial charge in [-0.3, -0.25) is 0 Å². The Hall–Kier alpha value is -2.04. The van der Waals surface area contributed by atoms with E-state index in [1.54, 1.807) is 12.1 Å². The van der Waals surface area contributed by atoms with Crippen LogP contribution in [0, 0.1) is 6.92 Å². The number of aromatic nitrogens is 1.